The molecule has 0 unspecified atom stereocenters. The summed E-state index contributed by atoms with van der Waals surface area (Å²) in [6, 6.07) is 8.66. The summed E-state index contributed by atoms with van der Waals surface area (Å²) in [6.45, 7) is 14.9. The molecule has 0 spiro atoms. The minimum Gasteiger partial charge on any atom is -0.443 e. The Balaban J connectivity index is 0.00000341. The van der Waals surface area contributed by atoms with Gasteiger partial charge in [0.2, 0.25) is 5.89 Å². The predicted octanol–water partition coefficient (Wildman–Crippen LogP) is 3.68. The fraction of sp³-hybridized carbons (Fsp3) is 0.565. The topological polar surface area (TPSA) is 74.9 Å². The Morgan fingerprint density at radius 2 is 1.90 bits per heavy atom. The first-order valence-electron chi connectivity index (χ1n) is 10.8. The van der Waals surface area contributed by atoms with Crippen molar-refractivity contribution < 1.29 is 9.15 Å². The molecule has 2 heterocycles. The van der Waals surface area contributed by atoms with Crippen molar-refractivity contribution in [1.29, 1.82) is 0 Å². The van der Waals surface area contributed by atoms with E-state index in [0.717, 1.165) is 51.1 Å². The van der Waals surface area contributed by atoms with E-state index in [1.807, 2.05) is 0 Å². The monoisotopic (exact) mass is 541 g/mol. The zero-order valence-electron chi connectivity index (χ0n) is 19.1. The van der Waals surface area contributed by atoms with E-state index in [1.54, 1.807) is 6.20 Å². The van der Waals surface area contributed by atoms with Crippen LogP contribution >= 0.6 is 24.0 Å². The second-order valence-electron chi connectivity index (χ2n) is 8.63. The van der Waals surface area contributed by atoms with Crippen LogP contribution in [0.3, 0.4) is 0 Å². The summed E-state index contributed by atoms with van der Waals surface area (Å²) in [7, 11) is 0. The molecule has 8 heteroatoms. The van der Waals surface area contributed by atoms with Crippen LogP contribution in [0.25, 0.3) is 0 Å². The molecule has 1 aliphatic heterocycles. The van der Waals surface area contributed by atoms with Gasteiger partial charge in [0.05, 0.1) is 32.5 Å². The Kier molecular flexibility index (Phi) is 10.2. The highest BCUT2D eigenvalue weighted by Crippen LogP contribution is 2.22. The fourth-order valence-electron chi connectivity index (χ4n) is 3.25. The lowest BCUT2D eigenvalue weighted by atomic mass is 9.94. The summed E-state index contributed by atoms with van der Waals surface area (Å²) in [5.74, 6) is 2.31. The third-order valence-corrected chi connectivity index (χ3v) is 4.97. The van der Waals surface area contributed by atoms with Crippen molar-refractivity contribution in [3.8, 4) is 0 Å². The number of morpholine rings is 1. The van der Waals surface area contributed by atoms with Gasteiger partial charge in [-0.05, 0) is 18.1 Å². The standard InChI is InChI=1S/C23H35N5O2.HI/c1-5-24-22(27-16-21-25-15-20(30-21)23(2,3)4)26-14-18-7-6-8-19(13-18)17-28-9-11-29-12-10-28;/h6-8,13,15H,5,9-12,14,16-17H2,1-4H3,(H2,24,26,27);1H. The average molecular weight is 541 g/mol. The number of hydrogen-bond acceptors (Lipinski definition) is 5. The van der Waals surface area contributed by atoms with Crippen LogP contribution in [-0.2, 0) is 29.8 Å². The van der Waals surface area contributed by atoms with Crippen LogP contribution < -0.4 is 10.6 Å². The van der Waals surface area contributed by atoms with Crippen LogP contribution in [0.2, 0.25) is 0 Å². The van der Waals surface area contributed by atoms with Crippen molar-refractivity contribution in [3.63, 3.8) is 0 Å². The van der Waals surface area contributed by atoms with Crippen LogP contribution in [0.5, 0.6) is 0 Å². The molecule has 3 rings (SSSR count). The smallest absolute Gasteiger partial charge is 0.213 e. The highest BCUT2D eigenvalue weighted by Gasteiger charge is 2.19. The lowest BCUT2D eigenvalue weighted by molar-refractivity contribution is 0.0342. The lowest BCUT2D eigenvalue weighted by Gasteiger charge is -2.26. The maximum Gasteiger partial charge on any atom is 0.213 e. The van der Waals surface area contributed by atoms with E-state index in [2.05, 4.69) is 72.5 Å². The van der Waals surface area contributed by atoms with Crippen molar-refractivity contribution in [2.45, 2.75) is 52.7 Å². The number of guanidine groups is 1. The van der Waals surface area contributed by atoms with Crippen molar-refractivity contribution >= 4 is 29.9 Å². The van der Waals surface area contributed by atoms with Gasteiger partial charge in [-0.25, -0.2) is 9.98 Å². The van der Waals surface area contributed by atoms with Crippen molar-refractivity contribution in [1.82, 2.24) is 20.5 Å². The van der Waals surface area contributed by atoms with Gasteiger partial charge in [0.15, 0.2) is 5.96 Å². The summed E-state index contributed by atoms with van der Waals surface area (Å²) < 4.78 is 11.3. The second kappa shape index (κ2) is 12.4. The molecule has 172 valence electrons. The first-order chi connectivity index (χ1) is 14.4. The molecule has 2 N–H and O–H groups in total. The van der Waals surface area contributed by atoms with Gasteiger partial charge in [0.1, 0.15) is 5.76 Å². The lowest BCUT2D eigenvalue weighted by Crippen LogP contribution is -2.36. The quantitative estimate of drug-likeness (QED) is 0.317. The molecule has 0 amide bonds. The highest BCUT2D eigenvalue weighted by molar-refractivity contribution is 14.0. The Morgan fingerprint density at radius 1 is 1.16 bits per heavy atom. The van der Waals surface area contributed by atoms with E-state index >= 15 is 0 Å². The predicted molar refractivity (Wildman–Crippen MR) is 135 cm³/mol. The van der Waals surface area contributed by atoms with Crippen molar-refractivity contribution in [2.24, 2.45) is 4.99 Å². The maximum atomic E-state index is 5.86. The van der Waals surface area contributed by atoms with Crippen molar-refractivity contribution in [3.05, 3.63) is 53.2 Å². The number of halogens is 1. The molecule has 1 aliphatic rings. The summed E-state index contributed by atoms with van der Waals surface area (Å²) >= 11 is 0. The molecule has 0 aliphatic carbocycles. The molecule has 31 heavy (non-hydrogen) atoms. The van der Waals surface area contributed by atoms with Crippen LogP contribution in [-0.4, -0.2) is 48.7 Å². The molecule has 1 saturated heterocycles. The number of nitrogens with zero attached hydrogens (tertiary/aromatic N) is 3. The van der Waals surface area contributed by atoms with Crippen LogP contribution in [0.1, 0.15) is 50.5 Å². The number of rotatable bonds is 7. The minimum atomic E-state index is -0.0456. The van der Waals surface area contributed by atoms with E-state index in [1.165, 1.54) is 11.1 Å². The summed E-state index contributed by atoms with van der Waals surface area (Å²) in [4.78, 5) is 11.5. The largest absolute Gasteiger partial charge is 0.443 e. The van der Waals surface area contributed by atoms with Gasteiger partial charge in [-0.15, -0.1) is 24.0 Å². The molecule has 0 bridgehead atoms. The summed E-state index contributed by atoms with van der Waals surface area (Å²) in [6.07, 6.45) is 1.81. The first kappa shape index (κ1) is 25.6. The van der Waals surface area contributed by atoms with E-state index in [4.69, 9.17) is 14.1 Å². The number of aromatic nitrogens is 1. The molecule has 1 aromatic heterocycles. The molecular formula is C23H36IN5O2. The molecule has 2 aromatic rings. The number of benzene rings is 1. The van der Waals surface area contributed by atoms with Gasteiger partial charge in [-0.1, -0.05) is 45.0 Å². The normalized spacial score (nSPS) is 15.4. The Morgan fingerprint density at radius 3 is 2.58 bits per heavy atom. The molecule has 0 radical (unpaired) electrons. The fourth-order valence-corrected chi connectivity index (χ4v) is 3.25. The molecule has 1 aromatic carbocycles. The first-order valence-corrected chi connectivity index (χ1v) is 10.8. The second-order valence-corrected chi connectivity index (χ2v) is 8.63. The van der Waals surface area contributed by atoms with E-state index < -0.39 is 0 Å². The van der Waals surface area contributed by atoms with Gasteiger partial charge in [-0.3, -0.25) is 4.90 Å². The number of oxazole rings is 1. The van der Waals surface area contributed by atoms with Crippen LogP contribution in [0, 0.1) is 0 Å². The molecule has 0 saturated carbocycles. The third kappa shape index (κ3) is 8.42. The molecule has 7 nitrogen and oxygen atoms in total. The Bertz CT molecular complexity index is 825. The summed E-state index contributed by atoms with van der Waals surface area (Å²) in [5.41, 5.74) is 2.47. The molecular weight excluding hydrogens is 505 g/mol. The van der Waals surface area contributed by atoms with Crippen LogP contribution in [0.4, 0.5) is 0 Å². The number of aliphatic imine (C=N–C) groups is 1. The number of nitrogens with one attached hydrogen (secondary N) is 2. The van der Waals surface area contributed by atoms with Gasteiger partial charge in [0, 0.05) is 31.6 Å². The van der Waals surface area contributed by atoms with E-state index in [0.29, 0.717) is 19.0 Å². The average Bonchev–Trinajstić information content (AvgIpc) is 3.21. The number of ether oxygens (including phenoxy) is 1. The van der Waals surface area contributed by atoms with Crippen LogP contribution in [0.15, 0.2) is 39.9 Å². The summed E-state index contributed by atoms with van der Waals surface area (Å²) in [5, 5.41) is 6.60. The van der Waals surface area contributed by atoms with E-state index in [-0.39, 0.29) is 29.4 Å². The molecule has 1 fully saturated rings. The number of hydrogen-bond donors (Lipinski definition) is 2. The third-order valence-electron chi connectivity index (χ3n) is 4.97. The zero-order valence-corrected chi connectivity index (χ0v) is 21.4. The van der Waals surface area contributed by atoms with Crippen molar-refractivity contribution in [2.75, 3.05) is 32.8 Å². The van der Waals surface area contributed by atoms with Gasteiger partial charge in [-0.2, -0.15) is 0 Å². The highest BCUT2D eigenvalue weighted by atomic mass is 127. The zero-order chi connectivity index (χ0) is 21.4. The van der Waals surface area contributed by atoms with Gasteiger partial charge in [0.25, 0.3) is 0 Å². The minimum absolute atomic E-state index is 0. The SMILES string of the molecule is CCNC(=NCc1cccc(CN2CCOCC2)c1)NCc1ncc(C(C)(C)C)o1.I. The Hall–Kier alpha value is -1.65. The Labute approximate surface area is 203 Å². The van der Waals surface area contributed by atoms with E-state index in [9.17, 15) is 0 Å². The van der Waals surface area contributed by atoms with Gasteiger partial charge >= 0.3 is 0 Å². The molecule has 0 atom stereocenters. The maximum absolute atomic E-state index is 5.86. The van der Waals surface area contributed by atoms with Gasteiger partial charge < -0.3 is 19.8 Å².